The number of halogens is 1. The minimum absolute atomic E-state index is 0.0166. The van der Waals surface area contributed by atoms with Gasteiger partial charge in [-0.3, -0.25) is 9.59 Å². The number of aromatic nitrogens is 3. The molecule has 0 radical (unpaired) electrons. The molecule has 1 atom stereocenters. The first-order valence-electron chi connectivity index (χ1n) is 10.0. The molecule has 0 aliphatic heterocycles. The highest BCUT2D eigenvalue weighted by Gasteiger charge is 2.23. The summed E-state index contributed by atoms with van der Waals surface area (Å²) in [5.74, 6) is -1.10. The number of aliphatic hydroxyl groups is 1. The van der Waals surface area contributed by atoms with E-state index in [9.17, 15) is 19.5 Å². The molecule has 0 fully saturated rings. The van der Waals surface area contributed by atoms with Gasteiger partial charge in [0.1, 0.15) is 6.04 Å². The van der Waals surface area contributed by atoms with E-state index in [2.05, 4.69) is 20.8 Å². The molecule has 3 rings (SSSR count). The number of esters is 1. The summed E-state index contributed by atoms with van der Waals surface area (Å²) in [6, 6.07) is 12.2. The maximum Gasteiger partial charge on any atom is 0.339 e. The monoisotopic (exact) mass is 503 g/mol. The van der Waals surface area contributed by atoms with Crippen LogP contribution in [-0.2, 0) is 16.6 Å². The summed E-state index contributed by atoms with van der Waals surface area (Å²) >= 11 is 7.17. The van der Waals surface area contributed by atoms with Gasteiger partial charge in [0.05, 0.1) is 41.3 Å². The van der Waals surface area contributed by atoms with Crippen molar-refractivity contribution in [3.63, 3.8) is 0 Å². The van der Waals surface area contributed by atoms with Gasteiger partial charge in [-0.1, -0.05) is 47.6 Å². The molecule has 0 saturated carbocycles. The number of hydrogen-bond donors (Lipinski definition) is 3. The summed E-state index contributed by atoms with van der Waals surface area (Å²) in [5, 5.41) is 24.0. The number of para-hydroxylation sites is 1. The van der Waals surface area contributed by atoms with Crippen molar-refractivity contribution in [2.75, 3.05) is 24.8 Å². The number of benzene rings is 2. The number of nitrogens with one attached hydrogen (secondary N) is 2. The summed E-state index contributed by atoms with van der Waals surface area (Å²) in [5.41, 5.74) is 0.842. The lowest BCUT2D eigenvalue weighted by molar-refractivity contribution is -0.113. The van der Waals surface area contributed by atoms with Crippen molar-refractivity contribution in [1.29, 1.82) is 0 Å². The van der Waals surface area contributed by atoms with Crippen LogP contribution < -0.4 is 10.6 Å². The molecule has 2 amide bonds. The van der Waals surface area contributed by atoms with E-state index in [1.165, 1.54) is 7.11 Å². The molecule has 3 aromatic rings. The van der Waals surface area contributed by atoms with Gasteiger partial charge >= 0.3 is 5.97 Å². The number of thioether (sulfide) groups is 1. The Kier molecular flexibility index (Phi) is 8.63. The maximum atomic E-state index is 12.6. The Morgan fingerprint density at radius 2 is 1.79 bits per heavy atom. The van der Waals surface area contributed by atoms with E-state index in [-0.39, 0.29) is 27.8 Å². The Hall–Kier alpha value is -3.41. The SMILES string of the molecule is COC(=O)c1ccccc1NC(=O)CSc1nnc([C@H](CO)NC(=O)c2ccccc2Cl)n1C. The first-order chi connectivity index (χ1) is 16.3. The van der Waals surface area contributed by atoms with E-state index in [1.54, 1.807) is 60.1 Å². The minimum atomic E-state index is -0.837. The summed E-state index contributed by atoms with van der Waals surface area (Å²) in [6.45, 7) is -0.419. The molecule has 0 aliphatic carbocycles. The number of ether oxygens (including phenoxy) is 1. The van der Waals surface area contributed by atoms with Crippen LogP contribution in [0.5, 0.6) is 0 Å². The number of methoxy groups -OCH3 is 1. The average Bonchev–Trinajstić information content (AvgIpc) is 3.21. The summed E-state index contributed by atoms with van der Waals surface area (Å²) in [6.07, 6.45) is 0. The van der Waals surface area contributed by atoms with Crippen LogP contribution >= 0.6 is 23.4 Å². The molecule has 0 bridgehead atoms. The third kappa shape index (κ3) is 5.93. The topological polar surface area (TPSA) is 135 Å². The molecule has 1 aromatic heterocycles. The van der Waals surface area contributed by atoms with Crippen LogP contribution in [0.15, 0.2) is 53.7 Å². The van der Waals surface area contributed by atoms with Gasteiger partial charge in [0.15, 0.2) is 11.0 Å². The molecule has 0 spiro atoms. The van der Waals surface area contributed by atoms with E-state index < -0.39 is 24.5 Å². The smallest absolute Gasteiger partial charge is 0.339 e. The Balaban J connectivity index is 1.65. The van der Waals surface area contributed by atoms with Gasteiger partial charge in [-0.15, -0.1) is 10.2 Å². The van der Waals surface area contributed by atoms with Gasteiger partial charge in [-0.25, -0.2) is 4.79 Å². The molecule has 2 aromatic carbocycles. The fourth-order valence-corrected chi connectivity index (χ4v) is 3.96. The largest absolute Gasteiger partial charge is 0.465 e. The van der Waals surface area contributed by atoms with Crippen LogP contribution in [0.4, 0.5) is 5.69 Å². The number of carbonyl (C=O) groups is 3. The molecule has 0 saturated heterocycles. The summed E-state index contributed by atoms with van der Waals surface area (Å²) in [4.78, 5) is 36.9. The summed E-state index contributed by atoms with van der Waals surface area (Å²) < 4.78 is 6.30. The molecule has 34 heavy (non-hydrogen) atoms. The van der Waals surface area contributed by atoms with Crippen LogP contribution in [-0.4, -0.2) is 57.1 Å². The van der Waals surface area contributed by atoms with Crippen LogP contribution in [0.25, 0.3) is 0 Å². The number of carbonyl (C=O) groups excluding carboxylic acids is 3. The highest BCUT2D eigenvalue weighted by atomic mass is 35.5. The zero-order valence-corrected chi connectivity index (χ0v) is 19.9. The first kappa shape index (κ1) is 25.2. The average molecular weight is 504 g/mol. The predicted molar refractivity (Wildman–Crippen MR) is 127 cm³/mol. The Labute approximate surface area is 204 Å². The zero-order chi connectivity index (χ0) is 24.7. The molecular formula is C22H22ClN5O5S. The van der Waals surface area contributed by atoms with Crippen molar-refractivity contribution in [2.24, 2.45) is 7.05 Å². The van der Waals surface area contributed by atoms with Crippen molar-refractivity contribution in [2.45, 2.75) is 11.2 Å². The molecule has 0 aliphatic rings. The molecule has 3 N–H and O–H groups in total. The molecule has 0 unspecified atom stereocenters. The number of aliphatic hydroxyl groups excluding tert-OH is 1. The van der Waals surface area contributed by atoms with Gasteiger partial charge in [-0.2, -0.15) is 0 Å². The van der Waals surface area contributed by atoms with Gasteiger partial charge in [0.25, 0.3) is 5.91 Å². The Morgan fingerprint density at radius 3 is 2.47 bits per heavy atom. The number of nitrogens with zero attached hydrogens (tertiary/aromatic N) is 3. The number of rotatable bonds is 9. The van der Waals surface area contributed by atoms with Gasteiger partial charge in [0, 0.05) is 7.05 Å². The first-order valence-corrected chi connectivity index (χ1v) is 11.4. The van der Waals surface area contributed by atoms with Crippen molar-refractivity contribution in [1.82, 2.24) is 20.1 Å². The fraction of sp³-hybridized carbons (Fsp3) is 0.227. The van der Waals surface area contributed by atoms with E-state index in [4.69, 9.17) is 16.3 Å². The third-order valence-corrected chi connectivity index (χ3v) is 6.08. The second kappa shape index (κ2) is 11.6. The van der Waals surface area contributed by atoms with Crippen LogP contribution in [0.3, 0.4) is 0 Å². The van der Waals surface area contributed by atoms with E-state index >= 15 is 0 Å². The van der Waals surface area contributed by atoms with Gasteiger partial charge in [0.2, 0.25) is 5.91 Å². The second-order valence-electron chi connectivity index (χ2n) is 6.96. The van der Waals surface area contributed by atoms with Crippen LogP contribution in [0.2, 0.25) is 5.02 Å². The number of anilines is 1. The number of amides is 2. The van der Waals surface area contributed by atoms with E-state index in [1.807, 2.05) is 0 Å². The second-order valence-corrected chi connectivity index (χ2v) is 8.31. The maximum absolute atomic E-state index is 12.6. The van der Waals surface area contributed by atoms with Crippen LogP contribution in [0, 0.1) is 0 Å². The van der Waals surface area contributed by atoms with E-state index in [0.29, 0.717) is 16.7 Å². The lowest BCUT2D eigenvalue weighted by Gasteiger charge is -2.16. The predicted octanol–water partition coefficient (Wildman–Crippen LogP) is 2.45. The Morgan fingerprint density at radius 1 is 1.12 bits per heavy atom. The lowest BCUT2D eigenvalue weighted by Crippen LogP contribution is -2.32. The van der Waals surface area contributed by atoms with Crippen molar-refractivity contribution in [3.8, 4) is 0 Å². The fourth-order valence-electron chi connectivity index (χ4n) is 3.02. The lowest BCUT2D eigenvalue weighted by atomic mass is 10.2. The number of hydrogen-bond acceptors (Lipinski definition) is 8. The van der Waals surface area contributed by atoms with Gasteiger partial charge in [-0.05, 0) is 24.3 Å². The third-order valence-electron chi connectivity index (χ3n) is 4.73. The molecule has 178 valence electrons. The van der Waals surface area contributed by atoms with Crippen molar-refractivity contribution < 1.29 is 24.2 Å². The highest BCUT2D eigenvalue weighted by Crippen LogP contribution is 2.22. The zero-order valence-electron chi connectivity index (χ0n) is 18.3. The van der Waals surface area contributed by atoms with E-state index in [0.717, 1.165) is 11.8 Å². The summed E-state index contributed by atoms with van der Waals surface area (Å²) in [7, 11) is 2.92. The van der Waals surface area contributed by atoms with Crippen LogP contribution in [0.1, 0.15) is 32.6 Å². The normalized spacial score (nSPS) is 11.5. The quantitative estimate of drug-likeness (QED) is 0.299. The molecule has 1 heterocycles. The van der Waals surface area contributed by atoms with Crippen molar-refractivity contribution in [3.05, 3.63) is 70.5 Å². The standard InChI is InChI=1S/C22H22ClN5O5S/c1-28-19(17(11-29)25-20(31)13-7-3-5-9-15(13)23)26-27-22(28)34-12-18(30)24-16-10-6-4-8-14(16)21(32)33-2/h3-10,17,29H,11-12H2,1-2H3,(H,24,30)(H,25,31)/t17-/m0/s1. The van der Waals surface area contributed by atoms with Crippen molar-refractivity contribution >= 4 is 46.8 Å². The Bertz CT molecular complexity index is 1200. The molecule has 10 nitrogen and oxygen atoms in total. The molecule has 12 heteroatoms. The van der Waals surface area contributed by atoms with Gasteiger partial charge < -0.3 is 25.0 Å². The molecular weight excluding hydrogens is 482 g/mol. The highest BCUT2D eigenvalue weighted by molar-refractivity contribution is 7.99. The minimum Gasteiger partial charge on any atom is -0.465 e.